The molecule has 0 spiro atoms. The molecule has 4 rings (SSSR count). The molecular weight excluding hydrogens is 272 g/mol. The number of fused-ring (bicyclic) bond motifs is 1. The molecule has 0 amide bonds. The van der Waals surface area contributed by atoms with Gasteiger partial charge in [-0.15, -0.1) is 21.5 Å². The number of nitrogens with zero attached hydrogens (tertiary/aromatic N) is 5. The maximum Gasteiger partial charge on any atom is 0.214 e. The highest BCUT2D eigenvalue weighted by Gasteiger charge is 2.08. The standard InChI is InChI=1S/C13H10N6S/c1-2-5-10-9(4-1)14-12(15-10)8-19-17-13(16-18-19)11-6-3-7-20-11/h1-7H,8H2,(H,14,15). The number of tetrazole rings is 1. The number of hydrogen-bond acceptors (Lipinski definition) is 5. The second-order valence-electron chi connectivity index (χ2n) is 4.32. The lowest BCUT2D eigenvalue weighted by molar-refractivity contribution is 0.558. The molecule has 20 heavy (non-hydrogen) atoms. The van der Waals surface area contributed by atoms with E-state index in [4.69, 9.17) is 0 Å². The second kappa shape index (κ2) is 4.53. The first-order chi connectivity index (χ1) is 9.88. The quantitative estimate of drug-likeness (QED) is 0.626. The molecule has 0 aliphatic carbocycles. The molecule has 0 bridgehead atoms. The Morgan fingerprint density at radius 3 is 2.95 bits per heavy atom. The minimum atomic E-state index is 0.479. The Morgan fingerprint density at radius 1 is 1.15 bits per heavy atom. The van der Waals surface area contributed by atoms with E-state index >= 15 is 0 Å². The summed E-state index contributed by atoms with van der Waals surface area (Å²) in [4.78, 5) is 10.3. The summed E-state index contributed by atoms with van der Waals surface area (Å²) in [6.07, 6.45) is 0. The van der Waals surface area contributed by atoms with Crippen LogP contribution in [0.1, 0.15) is 5.82 Å². The highest BCUT2D eigenvalue weighted by atomic mass is 32.1. The Kier molecular flexibility index (Phi) is 2.56. The number of aromatic amines is 1. The van der Waals surface area contributed by atoms with Gasteiger partial charge >= 0.3 is 0 Å². The SMILES string of the molecule is c1csc(-c2nnn(Cc3nc4ccccc4[nH]3)n2)c1. The Hall–Kier alpha value is -2.54. The number of benzene rings is 1. The normalized spacial score (nSPS) is 11.2. The smallest absolute Gasteiger partial charge is 0.214 e. The first kappa shape index (κ1) is 11.3. The lowest BCUT2D eigenvalue weighted by Crippen LogP contribution is -2.05. The van der Waals surface area contributed by atoms with E-state index < -0.39 is 0 Å². The summed E-state index contributed by atoms with van der Waals surface area (Å²) >= 11 is 1.60. The van der Waals surface area contributed by atoms with E-state index in [1.807, 2.05) is 41.8 Å². The minimum Gasteiger partial charge on any atom is -0.340 e. The van der Waals surface area contributed by atoms with Crippen molar-refractivity contribution in [1.82, 2.24) is 30.2 Å². The van der Waals surface area contributed by atoms with Gasteiger partial charge in [0.2, 0.25) is 5.82 Å². The molecule has 0 aliphatic rings. The summed E-state index contributed by atoms with van der Waals surface area (Å²) in [6.45, 7) is 0.479. The topological polar surface area (TPSA) is 72.3 Å². The molecule has 1 N–H and O–H groups in total. The first-order valence-electron chi connectivity index (χ1n) is 6.14. The molecule has 6 nitrogen and oxygen atoms in total. The van der Waals surface area contributed by atoms with Crippen LogP contribution in [0.2, 0.25) is 0 Å². The zero-order chi connectivity index (χ0) is 13.4. The lowest BCUT2D eigenvalue weighted by atomic mass is 10.3. The van der Waals surface area contributed by atoms with Crippen molar-refractivity contribution in [2.75, 3.05) is 0 Å². The van der Waals surface area contributed by atoms with Crippen molar-refractivity contribution in [2.24, 2.45) is 0 Å². The highest BCUT2D eigenvalue weighted by Crippen LogP contribution is 2.19. The van der Waals surface area contributed by atoms with E-state index in [1.54, 1.807) is 16.1 Å². The van der Waals surface area contributed by atoms with E-state index in [-0.39, 0.29) is 0 Å². The van der Waals surface area contributed by atoms with Crippen molar-refractivity contribution in [3.63, 3.8) is 0 Å². The van der Waals surface area contributed by atoms with Gasteiger partial charge in [-0.3, -0.25) is 0 Å². The van der Waals surface area contributed by atoms with Crippen molar-refractivity contribution < 1.29 is 0 Å². The second-order valence-corrected chi connectivity index (χ2v) is 5.27. The van der Waals surface area contributed by atoms with Gasteiger partial charge in [0.15, 0.2) is 0 Å². The summed E-state index contributed by atoms with van der Waals surface area (Å²) in [5.41, 5.74) is 1.96. The highest BCUT2D eigenvalue weighted by molar-refractivity contribution is 7.13. The van der Waals surface area contributed by atoms with Gasteiger partial charge < -0.3 is 4.98 Å². The number of para-hydroxylation sites is 2. The van der Waals surface area contributed by atoms with Crippen molar-refractivity contribution >= 4 is 22.4 Å². The van der Waals surface area contributed by atoms with Gasteiger partial charge in [-0.2, -0.15) is 4.80 Å². The van der Waals surface area contributed by atoms with Crippen LogP contribution in [-0.4, -0.2) is 30.2 Å². The molecule has 0 atom stereocenters. The number of nitrogens with one attached hydrogen (secondary N) is 1. The molecule has 7 heteroatoms. The van der Waals surface area contributed by atoms with Crippen LogP contribution in [0.25, 0.3) is 21.7 Å². The van der Waals surface area contributed by atoms with Crippen LogP contribution in [0.3, 0.4) is 0 Å². The summed E-state index contributed by atoms with van der Waals surface area (Å²) < 4.78 is 0. The number of H-pyrrole nitrogens is 1. The number of thiophene rings is 1. The fourth-order valence-corrected chi connectivity index (χ4v) is 2.68. The Bertz CT molecular complexity index is 812. The van der Waals surface area contributed by atoms with Crippen LogP contribution in [0.5, 0.6) is 0 Å². The van der Waals surface area contributed by atoms with Crippen molar-refractivity contribution in [2.45, 2.75) is 6.54 Å². The third-order valence-corrected chi connectivity index (χ3v) is 3.79. The molecule has 98 valence electrons. The number of imidazole rings is 1. The minimum absolute atomic E-state index is 0.479. The number of hydrogen-bond donors (Lipinski definition) is 1. The van der Waals surface area contributed by atoms with E-state index in [0.29, 0.717) is 12.4 Å². The fraction of sp³-hybridized carbons (Fsp3) is 0.0769. The molecule has 4 aromatic rings. The van der Waals surface area contributed by atoms with Crippen LogP contribution in [0, 0.1) is 0 Å². The van der Waals surface area contributed by atoms with Gasteiger partial charge in [-0.1, -0.05) is 18.2 Å². The molecule has 3 heterocycles. The fourth-order valence-electron chi connectivity index (χ4n) is 2.03. The third-order valence-electron chi connectivity index (χ3n) is 2.92. The summed E-state index contributed by atoms with van der Waals surface area (Å²) in [7, 11) is 0. The first-order valence-corrected chi connectivity index (χ1v) is 7.02. The van der Waals surface area contributed by atoms with Crippen molar-refractivity contribution in [1.29, 1.82) is 0 Å². The zero-order valence-electron chi connectivity index (χ0n) is 10.4. The van der Waals surface area contributed by atoms with Crippen molar-refractivity contribution in [3.8, 4) is 10.7 Å². The van der Waals surface area contributed by atoms with E-state index in [9.17, 15) is 0 Å². The predicted molar refractivity (Wildman–Crippen MR) is 76.3 cm³/mol. The molecule has 0 saturated carbocycles. The molecule has 1 aromatic carbocycles. The number of rotatable bonds is 3. The Morgan fingerprint density at radius 2 is 2.10 bits per heavy atom. The van der Waals surface area contributed by atoms with Crippen LogP contribution in [-0.2, 0) is 6.54 Å². The third kappa shape index (κ3) is 1.97. The predicted octanol–water partition coefficient (Wildman–Crippen LogP) is 2.33. The molecule has 0 saturated heterocycles. The van der Waals surface area contributed by atoms with Gasteiger partial charge in [0.1, 0.15) is 12.4 Å². The van der Waals surface area contributed by atoms with E-state index in [0.717, 1.165) is 21.7 Å². The van der Waals surface area contributed by atoms with Crippen molar-refractivity contribution in [3.05, 3.63) is 47.6 Å². The van der Waals surface area contributed by atoms with Crippen LogP contribution in [0.15, 0.2) is 41.8 Å². The maximum absolute atomic E-state index is 4.50. The lowest BCUT2D eigenvalue weighted by Gasteiger charge is -1.93. The summed E-state index contributed by atoms with van der Waals surface area (Å²) in [5, 5.41) is 14.5. The number of aromatic nitrogens is 6. The summed E-state index contributed by atoms with van der Waals surface area (Å²) in [5.74, 6) is 1.47. The monoisotopic (exact) mass is 282 g/mol. The van der Waals surface area contributed by atoms with Crippen LogP contribution in [0.4, 0.5) is 0 Å². The molecular formula is C13H10N6S. The van der Waals surface area contributed by atoms with Crippen LogP contribution >= 0.6 is 11.3 Å². The molecule has 0 unspecified atom stereocenters. The Balaban J connectivity index is 1.62. The molecule has 0 fully saturated rings. The molecule has 0 aliphatic heterocycles. The Labute approximate surface area is 118 Å². The van der Waals surface area contributed by atoms with Gasteiger partial charge in [0.25, 0.3) is 0 Å². The van der Waals surface area contributed by atoms with Gasteiger partial charge in [0, 0.05) is 0 Å². The van der Waals surface area contributed by atoms with E-state index in [2.05, 4.69) is 25.4 Å². The van der Waals surface area contributed by atoms with Gasteiger partial charge in [0.05, 0.1) is 15.9 Å². The molecule has 3 aromatic heterocycles. The average Bonchev–Trinajstić information content (AvgIpc) is 3.18. The van der Waals surface area contributed by atoms with Gasteiger partial charge in [-0.25, -0.2) is 4.98 Å². The van der Waals surface area contributed by atoms with E-state index in [1.165, 1.54) is 0 Å². The van der Waals surface area contributed by atoms with Crippen LogP contribution < -0.4 is 0 Å². The summed E-state index contributed by atoms with van der Waals surface area (Å²) in [6, 6.07) is 11.9. The zero-order valence-corrected chi connectivity index (χ0v) is 11.2. The molecule has 0 radical (unpaired) electrons. The largest absolute Gasteiger partial charge is 0.340 e. The maximum atomic E-state index is 4.50. The average molecular weight is 282 g/mol. The van der Waals surface area contributed by atoms with Gasteiger partial charge in [-0.05, 0) is 28.8 Å².